The lowest BCUT2D eigenvalue weighted by atomic mass is 10.2. The van der Waals surface area contributed by atoms with Crippen molar-refractivity contribution < 1.29 is 0 Å². The second kappa shape index (κ2) is 5.38. The Kier molecular flexibility index (Phi) is 3.31. The summed E-state index contributed by atoms with van der Waals surface area (Å²) in [6, 6.07) is 14.6. The highest BCUT2D eigenvalue weighted by Gasteiger charge is 2.21. The number of anilines is 1. The molecule has 24 heavy (non-hydrogen) atoms. The molecule has 0 aliphatic carbocycles. The maximum absolute atomic E-state index is 9.50. The lowest BCUT2D eigenvalue weighted by Gasteiger charge is -2.09. The van der Waals surface area contributed by atoms with Crippen LogP contribution in [-0.2, 0) is 0 Å². The summed E-state index contributed by atoms with van der Waals surface area (Å²) in [5.74, 6) is 0.243. The minimum atomic E-state index is 0.243. The molecule has 0 saturated heterocycles. The third-order valence-electron chi connectivity index (χ3n) is 3.76. The molecule has 0 aliphatic rings. The lowest BCUT2D eigenvalue weighted by Crippen LogP contribution is -2.02. The van der Waals surface area contributed by atoms with E-state index in [1.807, 2.05) is 24.3 Å². The van der Waals surface area contributed by atoms with Crippen LogP contribution in [0.5, 0.6) is 0 Å². The van der Waals surface area contributed by atoms with E-state index < -0.39 is 0 Å². The van der Waals surface area contributed by atoms with Crippen molar-refractivity contribution in [3.05, 3.63) is 58.1 Å². The SMILES string of the molecule is N#Cc1c(N)n(-c2ccc(Cl)cc2Cl)c2nc3ccccc3nc12. The molecular formula is C17H9Cl2N5. The van der Waals surface area contributed by atoms with Crippen LogP contribution in [0.2, 0.25) is 10.0 Å². The van der Waals surface area contributed by atoms with Gasteiger partial charge in [-0.1, -0.05) is 35.3 Å². The summed E-state index contributed by atoms with van der Waals surface area (Å²) in [5, 5.41) is 10.4. The summed E-state index contributed by atoms with van der Waals surface area (Å²) in [7, 11) is 0. The van der Waals surface area contributed by atoms with Crippen LogP contribution in [0.15, 0.2) is 42.5 Å². The van der Waals surface area contributed by atoms with E-state index in [2.05, 4.69) is 16.0 Å². The van der Waals surface area contributed by atoms with Gasteiger partial charge in [0.2, 0.25) is 0 Å². The molecule has 116 valence electrons. The number of nitrogens with two attached hydrogens (primary N) is 1. The predicted octanol–water partition coefficient (Wildman–Crippen LogP) is 4.33. The maximum Gasteiger partial charge on any atom is 0.167 e. The molecule has 0 bridgehead atoms. The first kappa shape index (κ1) is 14.8. The van der Waals surface area contributed by atoms with Crippen LogP contribution < -0.4 is 5.73 Å². The van der Waals surface area contributed by atoms with Crippen LogP contribution in [0.25, 0.3) is 27.9 Å². The lowest BCUT2D eigenvalue weighted by molar-refractivity contribution is 1.11. The molecule has 0 spiro atoms. The predicted molar refractivity (Wildman–Crippen MR) is 95.5 cm³/mol. The van der Waals surface area contributed by atoms with Crippen LogP contribution in [0.3, 0.4) is 0 Å². The van der Waals surface area contributed by atoms with Crippen LogP contribution in [-0.4, -0.2) is 14.5 Å². The first-order valence-corrected chi connectivity index (χ1v) is 7.78. The number of hydrogen-bond acceptors (Lipinski definition) is 4. The average molecular weight is 354 g/mol. The Morgan fingerprint density at radius 3 is 2.42 bits per heavy atom. The van der Waals surface area contributed by atoms with Gasteiger partial charge in [0.1, 0.15) is 23.0 Å². The van der Waals surface area contributed by atoms with E-state index in [1.54, 1.807) is 22.8 Å². The Bertz CT molecular complexity index is 1160. The summed E-state index contributed by atoms with van der Waals surface area (Å²) in [6.07, 6.45) is 0. The Labute approximate surface area is 146 Å². The van der Waals surface area contributed by atoms with Gasteiger partial charge in [0, 0.05) is 5.02 Å². The highest BCUT2D eigenvalue weighted by Crippen LogP contribution is 2.34. The molecule has 7 heteroatoms. The van der Waals surface area contributed by atoms with Crippen molar-refractivity contribution in [2.75, 3.05) is 5.73 Å². The van der Waals surface area contributed by atoms with Gasteiger partial charge >= 0.3 is 0 Å². The molecule has 4 aromatic rings. The topological polar surface area (TPSA) is 80.5 Å². The van der Waals surface area contributed by atoms with Crippen LogP contribution in [0, 0.1) is 11.3 Å². The van der Waals surface area contributed by atoms with Gasteiger partial charge in [0.05, 0.1) is 21.7 Å². The van der Waals surface area contributed by atoms with E-state index in [1.165, 1.54) is 0 Å². The monoisotopic (exact) mass is 353 g/mol. The highest BCUT2D eigenvalue weighted by molar-refractivity contribution is 6.35. The van der Waals surface area contributed by atoms with Gasteiger partial charge in [-0.25, -0.2) is 9.97 Å². The molecule has 2 aromatic heterocycles. The van der Waals surface area contributed by atoms with Gasteiger partial charge in [-0.05, 0) is 30.3 Å². The molecule has 0 amide bonds. The van der Waals surface area contributed by atoms with Crippen molar-refractivity contribution in [2.45, 2.75) is 0 Å². The summed E-state index contributed by atoms with van der Waals surface area (Å²) in [4.78, 5) is 9.17. The van der Waals surface area contributed by atoms with E-state index in [0.29, 0.717) is 37.9 Å². The maximum atomic E-state index is 9.50. The van der Waals surface area contributed by atoms with Crippen LogP contribution in [0.1, 0.15) is 5.56 Å². The van der Waals surface area contributed by atoms with Gasteiger partial charge in [-0.3, -0.25) is 4.57 Å². The molecule has 2 N–H and O–H groups in total. The molecule has 0 fully saturated rings. The van der Waals surface area contributed by atoms with Crippen molar-refractivity contribution in [3.8, 4) is 11.8 Å². The number of nitrogen functional groups attached to an aromatic ring is 1. The fourth-order valence-electron chi connectivity index (χ4n) is 2.68. The van der Waals surface area contributed by atoms with Crippen LogP contribution >= 0.6 is 23.2 Å². The molecule has 4 rings (SSSR count). The van der Waals surface area contributed by atoms with Crippen molar-refractivity contribution in [3.63, 3.8) is 0 Å². The Morgan fingerprint density at radius 1 is 1.04 bits per heavy atom. The zero-order valence-corrected chi connectivity index (χ0v) is 13.7. The smallest absolute Gasteiger partial charge is 0.167 e. The Hall–Kier alpha value is -2.81. The number of nitrogens with zero attached hydrogens (tertiary/aromatic N) is 4. The third-order valence-corrected chi connectivity index (χ3v) is 4.30. The minimum Gasteiger partial charge on any atom is -0.384 e. The number of benzene rings is 2. The number of hydrogen-bond donors (Lipinski definition) is 1. The van der Waals surface area contributed by atoms with Crippen LogP contribution in [0.4, 0.5) is 5.82 Å². The normalized spacial score (nSPS) is 11.0. The number of fused-ring (bicyclic) bond motifs is 2. The summed E-state index contributed by atoms with van der Waals surface area (Å²) in [5.41, 5.74) is 9.39. The van der Waals surface area contributed by atoms with E-state index in [0.717, 1.165) is 0 Å². The summed E-state index contributed by atoms with van der Waals surface area (Å²) < 4.78 is 1.63. The molecule has 0 aliphatic heterocycles. The quantitative estimate of drug-likeness (QED) is 0.552. The van der Waals surface area contributed by atoms with E-state index in [9.17, 15) is 5.26 Å². The number of nitriles is 1. The molecule has 0 unspecified atom stereocenters. The number of rotatable bonds is 1. The first-order chi connectivity index (χ1) is 11.6. The largest absolute Gasteiger partial charge is 0.384 e. The highest BCUT2D eigenvalue weighted by atomic mass is 35.5. The molecular weight excluding hydrogens is 345 g/mol. The molecule has 0 atom stereocenters. The molecule has 0 radical (unpaired) electrons. The molecule has 0 saturated carbocycles. The van der Waals surface area contributed by atoms with Gasteiger partial charge < -0.3 is 5.73 Å². The fraction of sp³-hybridized carbons (Fsp3) is 0. The minimum absolute atomic E-state index is 0.243. The van der Waals surface area contributed by atoms with Gasteiger partial charge in [-0.2, -0.15) is 5.26 Å². The fourth-order valence-corrected chi connectivity index (χ4v) is 3.17. The molecule has 2 heterocycles. The average Bonchev–Trinajstić information content (AvgIpc) is 2.83. The standard InChI is InChI=1S/C17H9Cl2N5/c18-9-5-6-14(11(19)7-9)24-16(21)10(8-20)15-17(24)23-13-4-2-1-3-12(13)22-15/h1-7H,21H2. The zero-order valence-electron chi connectivity index (χ0n) is 12.2. The van der Waals surface area contributed by atoms with Crippen molar-refractivity contribution in [2.24, 2.45) is 0 Å². The Morgan fingerprint density at radius 2 is 1.75 bits per heavy atom. The molecule has 2 aromatic carbocycles. The number of aromatic nitrogens is 3. The van der Waals surface area contributed by atoms with Gasteiger partial charge in [0.25, 0.3) is 0 Å². The van der Waals surface area contributed by atoms with Crippen molar-refractivity contribution >= 4 is 51.2 Å². The zero-order chi connectivity index (χ0) is 16.8. The second-order valence-corrected chi connectivity index (χ2v) is 6.03. The second-order valence-electron chi connectivity index (χ2n) is 5.19. The van der Waals surface area contributed by atoms with Gasteiger partial charge in [0.15, 0.2) is 5.65 Å². The summed E-state index contributed by atoms with van der Waals surface area (Å²) in [6.45, 7) is 0. The Balaban J connectivity index is 2.17. The van der Waals surface area contributed by atoms with E-state index in [4.69, 9.17) is 28.9 Å². The first-order valence-electron chi connectivity index (χ1n) is 7.02. The molecule has 5 nitrogen and oxygen atoms in total. The summed E-state index contributed by atoms with van der Waals surface area (Å²) >= 11 is 12.3. The van der Waals surface area contributed by atoms with E-state index >= 15 is 0 Å². The van der Waals surface area contributed by atoms with Gasteiger partial charge in [-0.15, -0.1) is 0 Å². The van der Waals surface area contributed by atoms with E-state index in [-0.39, 0.29) is 11.4 Å². The number of halogens is 2. The van der Waals surface area contributed by atoms with Crippen molar-refractivity contribution in [1.82, 2.24) is 14.5 Å². The third kappa shape index (κ3) is 2.08. The number of para-hydroxylation sites is 2. The van der Waals surface area contributed by atoms with Crippen molar-refractivity contribution in [1.29, 1.82) is 5.26 Å².